The summed E-state index contributed by atoms with van der Waals surface area (Å²) in [6, 6.07) is 11.8. The zero-order valence-electron chi connectivity index (χ0n) is 49.1. The molecule has 452 valence electrons. The van der Waals surface area contributed by atoms with Crippen LogP contribution in [0.1, 0.15) is 130 Å². The zero-order valence-corrected chi connectivity index (χ0v) is 49.1. The van der Waals surface area contributed by atoms with Crippen LogP contribution in [0.5, 0.6) is 0 Å². The van der Waals surface area contributed by atoms with Crippen molar-refractivity contribution in [3.8, 4) is 0 Å². The molecule has 2 unspecified atom stereocenters. The van der Waals surface area contributed by atoms with Crippen LogP contribution >= 0.6 is 0 Å². The third-order valence-corrected chi connectivity index (χ3v) is 14.6. The number of rotatable bonds is 38. The van der Waals surface area contributed by atoms with Crippen LogP contribution in [0.2, 0.25) is 0 Å². The van der Waals surface area contributed by atoms with Crippen molar-refractivity contribution in [3.05, 3.63) is 90.1 Å². The number of primary amides is 2. The number of hydrogen-bond acceptors (Lipinski definition) is 13. The Morgan fingerprint density at radius 2 is 1.25 bits per heavy atom. The van der Waals surface area contributed by atoms with E-state index in [1.165, 1.54) is 26.4 Å². The molecule has 0 aliphatic heterocycles. The molecule has 9 atom stereocenters. The highest BCUT2D eigenvalue weighted by Crippen LogP contribution is 2.25. The second kappa shape index (κ2) is 33.3. The van der Waals surface area contributed by atoms with E-state index in [1.807, 2.05) is 52.0 Å². The van der Waals surface area contributed by atoms with Gasteiger partial charge < -0.3 is 53.1 Å². The Balaban J connectivity index is 1.46. The highest BCUT2D eigenvalue weighted by atomic mass is 16.3. The molecule has 2 aromatic heterocycles. The molecule has 0 radical (unpaired) electrons. The average Bonchev–Trinajstić information content (AvgIpc) is 4.26. The maximum atomic E-state index is 14.4. The summed E-state index contributed by atoms with van der Waals surface area (Å²) < 4.78 is 0. The van der Waals surface area contributed by atoms with Gasteiger partial charge >= 0.3 is 0 Å². The minimum Gasteiger partial charge on any atom is -0.391 e. The van der Waals surface area contributed by atoms with E-state index in [9.17, 15) is 57.8 Å². The minimum absolute atomic E-state index is 0.0111. The van der Waals surface area contributed by atoms with Crippen LogP contribution < -0.4 is 38.1 Å². The van der Waals surface area contributed by atoms with Crippen molar-refractivity contribution in [3.63, 3.8) is 0 Å². The molecule has 0 saturated carbocycles. The molecule has 0 aliphatic carbocycles. The van der Waals surface area contributed by atoms with E-state index in [0.29, 0.717) is 17.7 Å². The molecule has 4 aromatic rings. The Hall–Kier alpha value is -7.88. The first kappa shape index (κ1) is 67.6. The molecule has 22 heteroatoms. The number of aliphatic hydroxyl groups excluding tert-OH is 1. The fraction of sp³-hybridized carbons (Fsp3) is 0.541. The fourth-order valence-corrected chi connectivity index (χ4v) is 10.1. The number of benzene rings is 2. The molecule has 2 heterocycles. The Morgan fingerprint density at radius 3 is 1.87 bits per heavy atom. The number of ketones is 4. The van der Waals surface area contributed by atoms with Crippen molar-refractivity contribution >= 4 is 75.4 Å². The maximum Gasteiger partial charge on any atom is 0.243 e. The van der Waals surface area contributed by atoms with Crippen molar-refractivity contribution in [2.24, 2.45) is 52.9 Å². The van der Waals surface area contributed by atoms with Crippen LogP contribution in [0.4, 0.5) is 0 Å². The topological polar surface area (TPSA) is 365 Å². The van der Waals surface area contributed by atoms with Gasteiger partial charge in [0.1, 0.15) is 11.8 Å². The lowest BCUT2D eigenvalue weighted by Gasteiger charge is -2.28. The van der Waals surface area contributed by atoms with Crippen LogP contribution in [0.25, 0.3) is 10.9 Å². The number of carbonyl (C=O) groups excluding carboxylic acids is 11. The summed E-state index contributed by atoms with van der Waals surface area (Å²) >= 11 is 0. The van der Waals surface area contributed by atoms with Gasteiger partial charge in [-0.3, -0.25) is 52.7 Å². The number of fused-ring (bicyclic) bond motifs is 1. The Morgan fingerprint density at radius 1 is 0.614 bits per heavy atom. The standard InChI is InChI=1S/C61H86N10O12/c1-34(2)20-40(57(63)79)25-45(73)28-55(77)51(21-35(3)4)71-59(81)42(24-44-31-64-33-67-44)26-46(74)32-66-60(82)48(36(5)6)29-53(75)37(7)68-58(80)41(23-43-30-65-49-17-13-12-16-47(43)49)27-54(76)50(18-19-56(62)78)70-61(83)52(69-38(8)72)22-39-14-10-9-11-15-39/h9-17,30-31,33-37,40-42,48,50-52,55,65,77H,18-29,32H2,1-8H3,(H2,62,78)(H2,63,79)(H,64,67)(H,66,82)(H,68,80)(H,69,72)(H,70,83)(H,71,81)/t37-,40+,41+,42+,48-,50-,51?,52-,55?/m1/s1. The van der Waals surface area contributed by atoms with Gasteiger partial charge in [0.05, 0.1) is 43.0 Å². The molecule has 22 nitrogen and oxygen atoms in total. The maximum absolute atomic E-state index is 14.4. The van der Waals surface area contributed by atoms with Crippen LogP contribution in [-0.4, -0.2) is 121 Å². The Labute approximate surface area is 485 Å². The molecule has 12 N–H and O–H groups in total. The van der Waals surface area contributed by atoms with Crippen molar-refractivity contribution in [2.75, 3.05) is 6.54 Å². The summed E-state index contributed by atoms with van der Waals surface area (Å²) in [5, 5.41) is 25.6. The molecule has 4 rings (SSSR count). The van der Waals surface area contributed by atoms with Crippen LogP contribution in [0.3, 0.4) is 0 Å². The molecular weight excluding hydrogens is 1060 g/mol. The van der Waals surface area contributed by atoms with Gasteiger partial charge in [-0.15, -0.1) is 0 Å². The summed E-state index contributed by atoms with van der Waals surface area (Å²) in [4.78, 5) is 158. The summed E-state index contributed by atoms with van der Waals surface area (Å²) in [6.07, 6.45) is 2.04. The first-order chi connectivity index (χ1) is 39.2. The fourth-order valence-electron chi connectivity index (χ4n) is 10.1. The number of aromatic amines is 2. The van der Waals surface area contributed by atoms with Gasteiger partial charge in [0.15, 0.2) is 17.3 Å². The number of nitrogens with two attached hydrogens (primary N) is 2. The lowest BCUT2D eigenvalue weighted by molar-refractivity contribution is -0.135. The van der Waals surface area contributed by atoms with E-state index in [-0.39, 0.29) is 81.8 Å². The van der Waals surface area contributed by atoms with Crippen LogP contribution in [0.15, 0.2) is 73.3 Å². The van der Waals surface area contributed by atoms with Crippen molar-refractivity contribution in [1.29, 1.82) is 0 Å². The van der Waals surface area contributed by atoms with Crippen molar-refractivity contribution in [1.82, 2.24) is 41.5 Å². The zero-order chi connectivity index (χ0) is 61.5. The van der Waals surface area contributed by atoms with Crippen molar-refractivity contribution < 1.29 is 57.8 Å². The van der Waals surface area contributed by atoms with Gasteiger partial charge in [-0.05, 0) is 67.6 Å². The molecule has 0 bridgehead atoms. The lowest BCUT2D eigenvalue weighted by Crippen LogP contribution is -2.53. The van der Waals surface area contributed by atoms with E-state index in [2.05, 4.69) is 41.5 Å². The molecule has 2 aromatic carbocycles. The predicted octanol–water partition coefficient (Wildman–Crippen LogP) is 3.57. The number of imidazole rings is 1. The normalized spacial score (nSPS) is 14.7. The number of nitrogens with zero attached hydrogens (tertiary/aromatic N) is 1. The largest absolute Gasteiger partial charge is 0.391 e. The third kappa shape index (κ3) is 23.1. The molecular formula is C61H86N10O12. The highest BCUT2D eigenvalue weighted by Gasteiger charge is 2.35. The number of aliphatic hydroxyl groups is 1. The van der Waals surface area contributed by atoms with Crippen LogP contribution in [-0.2, 0) is 72.0 Å². The number of hydrogen-bond donors (Lipinski definition) is 10. The van der Waals surface area contributed by atoms with Gasteiger partial charge in [0.25, 0.3) is 0 Å². The minimum atomic E-state index is -1.31. The van der Waals surface area contributed by atoms with E-state index in [0.717, 1.165) is 16.5 Å². The summed E-state index contributed by atoms with van der Waals surface area (Å²) in [7, 11) is 0. The summed E-state index contributed by atoms with van der Waals surface area (Å²) in [6.45, 7) is 13.2. The molecule has 0 fully saturated rings. The number of carbonyl (C=O) groups is 11. The van der Waals surface area contributed by atoms with Gasteiger partial charge in [-0.25, -0.2) is 4.98 Å². The number of amides is 7. The van der Waals surface area contributed by atoms with Gasteiger partial charge in [-0.2, -0.15) is 0 Å². The Bertz CT molecular complexity index is 2850. The van der Waals surface area contributed by atoms with Gasteiger partial charge in [0, 0.05) is 105 Å². The molecule has 0 spiro atoms. The number of para-hydroxylation sites is 1. The quantitative estimate of drug-likeness (QED) is 0.0307. The lowest BCUT2D eigenvalue weighted by atomic mass is 9.87. The number of Topliss-reactive ketones (excluding diaryl/α,β-unsaturated/α-hetero) is 4. The smallest absolute Gasteiger partial charge is 0.243 e. The number of aromatic nitrogens is 3. The molecule has 0 saturated heterocycles. The second-order valence-corrected chi connectivity index (χ2v) is 23.1. The molecule has 83 heavy (non-hydrogen) atoms. The van der Waals surface area contributed by atoms with Crippen molar-refractivity contribution in [2.45, 2.75) is 163 Å². The highest BCUT2D eigenvalue weighted by molar-refractivity contribution is 5.98. The second-order valence-electron chi connectivity index (χ2n) is 23.1. The molecule has 7 amide bonds. The van der Waals surface area contributed by atoms with E-state index >= 15 is 0 Å². The summed E-state index contributed by atoms with van der Waals surface area (Å²) in [5.41, 5.74) is 13.8. The third-order valence-electron chi connectivity index (χ3n) is 14.6. The van der Waals surface area contributed by atoms with E-state index < -0.39 is 132 Å². The average molecular weight is 1150 g/mol. The van der Waals surface area contributed by atoms with Gasteiger partial charge in [-0.1, -0.05) is 90.1 Å². The van der Waals surface area contributed by atoms with Gasteiger partial charge in [0.2, 0.25) is 41.4 Å². The number of H-pyrrole nitrogens is 2. The first-order valence-corrected chi connectivity index (χ1v) is 28.6. The SMILES string of the molecule is CC(=O)N[C@H](Cc1ccccc1)C(=O)N[C@H](CCC(N)=O)C(=O)C[C@H](Cc1c[nH]c2ccccc12)C(=O)N[C@H](C)C(=O)C[C@@H](C(=O)NCC(=O)C[C@H](Cc1cnc[nH]1)C(=O)NC(CC(C)C)C(O)CC(=O)C[C@H](CC(C)C)C(N)=O)C(C)C. The monoisotopic (exact) mass is 1150 g/mol. The van der Waals surface area contributed by atoms with E-state index in [1.54, 1.807) is 50.4 Å². The molecule has 0 aliphatic rings. The summed E-state index contributed by atoms with van der Waals surface area (Å²) in [5.74, 6) is -10.6. The first-order valence-electron chi connectivity index (χ1n) is 28.6. The number of nitrogens with one attached hydrogen (secondary N) is 7. The Kier molecular flexibility index (Phi) is 27.1. The van der Waals surface area contributed by atoms with Crippen LogP contribution in [0, 0.1) is 41.4 Å². The van der Waals surface area contributed by atoms with E-state index in [4.69, 9.17) is 11.5 Å². The predicted molar refractivity (Wildman–Crippen MR) is 311 cm³/mol.